The molecule has 1 aliphatic heterocycles. The molecule has 2 amide bonds. The van der Waals surface area contributed by atoms with Crippen molar-refractivity contribution in [3.63, 3.8) is 0 Å². The number of esters is 1. The van der Waals surface area contributed by atoms with Crippen molar-refractivity contribution >= 4 is 28.7 Å². The molecule has 1 N–H and O–H groups in total. The van der Waals surface area contributed by atoms with Crippen molar-refractivity contribution in [2.45, 2.75) is 45.3 Å². The number of benzene rings is 2. The molecule has 0 radical (unpaired) electrons. The topological polar surface area (TPSA) is 112 Å². The third-order valence-electron chi connectivity index (χ3n) is 5.96. The van der Waals surface area contributed by atoms with Crippen molar-refractivity contribution in [3.05, 3.63) is 65.9 Å². The number of nitrogens with zero attached hydrogens (tertiary/aromatic N) is 3. The summed E-state index contributed by atoms with van der Waals surface area (Å²) in [7, 11) is 0. The number of rotatable bonds is 5. The average Bonchev–Trinajstić information content (AvgIpc) is 3.34. The lowest BCUT2D eigenvalue weighted by Crippen LogP contribution is -2.42. The van der Waals surface area contributed by atoms with E-state index in [1.165, 1.54) is 4.90 Å². The van der Waals surface area contributed by atoms with Gasteiger partial charge >= 0.3 is 5.97 Å². The molecule has 1 saturated heterocycles. The van der Waals surface area contributed by atoms with Crippen molar-refractivity contribution in [1.29, 1.82) is 5.26 Å². The van der Waals surface area contributed by atoms with E-state index in [0.717, 1.165) is 17.5 Å². The van der Waals surface area contributed by atoms with Crippen molar-refractivity contribution in [2.75, 3.05) is 13.1 Å². The molecule has 184 valence electrons. The van der Waals surface area contributed by atoms with E-state index in [2.05, 4.69) is 16.4 Å². The van der Waals surface area contributed by atoms with Crippen molar-refractivity contribution < 1.29 is 19.1 Å². The van der Waals surface area contributed by atoms with E-state index >= 15 is 0 Å². The lowest BCUT2D eigenvalue weighted by atomic mass is 9.99. The average molecular weight is 485 g/mol. The molecule has 36 heavy (non-hydrogen) atoms. The number of carbonyl (C=O) groups is 3. The van der Waals surface area contributed by atoms with Gasteiger partial charge in [0.1, 0.15) is 11.6 Å². The summed E-state index contributed by atoms with van der Waals surface area (Å²) < 4.78 is 5.42. The van der Waals surface area contributed by atoms with Gasteiger partial charge in [-0.25, -0.2) is 4.79 Å². The maximum Gasteiger partial charge on any atom is 0.338 e. The second-order valence-corrected chi connectivity index (χ2v) is 9.73. The molecular weight excluding hydrogens is 456 g/mol. The van der Waals surface area contributed by atoms with Gasteiger partial charge in [0, 0.05) is 18.1 Å². The van der Waals surface area contributed by atoms with E-state index in [9.17, 15) is 19.6 Å². The molecule has 3 aromatic rings. The monoisotopic (exact) mass is 484 g/mol. The fourth-order valence-electron chi connectivity index (χ4n) is 4.21. The van der Waals surface area contributed by atoms with Crippen molar-refractivity contribution in [2.24, 2.45) is 0 Å². The van der Waals surface area contributed by atoms with E-state index in [-0.39, 0.29) is 24.3 Å². The first-order valence-corrected chi connectivity index (χ1v) is 11.9. The zero-order valence-electron chi connectivity index (χ0n) is 20.6. The smallest absolute Gasteiger partial charge is 0.338 e. The van der Waals surface area contributed by atoms with Gasteiger partial charge in [0.25, 0.3) is 5.91 Å². The molecule has 8 nitrogen and oxygen atoms in total. The molecule has 1 aromatic heterocycles. The highest BCUT2D eigenvalue weighted by Gasteiger charge is 2.28. The van der Waals surface area contributed by atoms with Gasteiger partial charge in [-0.2, -0.15) is 5.26 Å². The second kappa shape index (κ2) is 10.2. The third kappa shape index (κ3) is 5.52. The van der Waals surface area contributed by atoms with Crippen LogP contribution in [-0.2, 0) is 9.53 Å². The number of carbonyl (C=O) groups excluding carboxylic acids is 3. The summed E-state index contributed by atoms with van der Waals surface area (Å²) >= 11 is 0. The van der Waals surface area contributed by atoms with Crippen molar-refractivity contribution in [3.8, 4) is 17.2 Å². The predicted molar refractivity (Wildman–Crippen MR) is 135 cm³/mol. The van der Waals surface area contributed by atoms with Crippen LogP contribution in [0.5, 0.6) is 0 Å². The first-order valence-electron chi connectivity index (χ1n) is 11.9. The van der Waals surface area contributed by atoms with Gasteiger partial charge in [0.2, 0.25) is 5.91 Å². The number of hydrogen-bond acceptors (Lipinski definition) is 6. The van der Waals surface area contributed by atoms with E-state index < -0.39 is 11.6 Å². The number of nitrogens with one attached hydrogen (secondary N) is 1. The van der Waals surface area contributed by atoms with Gasteiger partial charge in [-0.3, -0.25) is 14.6 Å². The normalized spacial score (nSPS) is 15.4. The van der Waals surface area contributed by atoms with Crippen LogP contribution in [0.15, 0.2) is 54.7 Å². The Morgan fingerprint density at radius 3 is 2.53 bits per heavy atom. The highest BCUT2D eigenvalue weighted by Crippen LogP contribution is 2.26. The summed E-state index contributed by atoms with van der Waals surface area (Å²) in [6, 6.07) is 16.0. The van der Waals surface area contributed by atoms with Crippen LogP contribution in [0.4, 0.5) is 0 Å². The largest absolute Gasteiger partial charge is 0.456 e. The molecule has 0 unspecified atom stereocenters. The fraction of sp³-hybridized carbons (Fsp3) is 0.321. The zero-order chi connectivity index (χ0) is 25.9. The predicted octanol–water partition coefficient (Wildman–Crippen LogP) is 4.10. The van der Waals surface area contributed by atoms with Gasteiger partial charge in [-0.15, -0.1) is 0 Å². The van der Waals surface area contributed by atoms with Crippen LogP contribution < -0.4 is 5.32 Å². The Bertz CT molecular complexity index is 1350. The molecule has 2 heterocycles. The Labute approximate surface area is 209 Å². The molecule has 1 fully saturated rings. The molecule has 4 rings (SSSR count). The summed E-state index contributed by atoms with van der Waals surface area (Å²) in [6.45, 7) is 5.82. The lowest BCUT2D eigenvalue weighted by Gasteiger charge is -2.19. The number of pyridine rings is 1. The molecule has 0 bridgehead atoms. The highest BCUT2D eigenvalue weighted by atomic mass is 16.6. The second-order valence-electron chi connectivity index (χ2n) is 9.73. The molecule has 0 spiro atoms. The first-order chi connectivity index (χ1) is 17.2. The zero-order valence-corrected chi connectivity index (χ0v) is 20.6. The van der Waals surface area contributed by atoms with E-state index in [1.54, 1.807) is 24.4 Å². The SMILES string of the molecule is CC(C)(C)OC(=O)c1ccc(-c2ccc3nccc(C(=O)NCC(=O)N4CCC[C@H]4C#N)c3c2)cc1. The molecular formula is C28H28N4O4. The molecule has 0 aliphatic carbocycles. The van der Waals surface area contributed by atoms with Gasteiger partial charge in [0.15, 0.2) is 0 Å². The lowest BCUT2D eigenvalue weighted by molar-refractivity contribution is -0.130. The maximum atomic E-state index is 13.0. The van der Waals surface area contributed by atoms with Gasteiger partial charge in [-0.1, -0.05) is 18.2 Å². The minimum Gasteiger partial charge on any atom is -0.456 e. The fourth-order valence-corrected chi connectivity index (χ4v) is 4.21. The van der Waals surface area contributed by atoms with E-state index in [0.29, 0.717) is 35.0 Å². The molecule has 8 heteroatoms. The summed E-state index contributed by atoms with van der Waals surface area (Å²) in [5.74, 6) is -1.04. The Morgan fingerprint density at radius 2 is 1.83 bits per heavy atom. The number of likely N-dealkylation sites (tertiary alicyclic amines) is 1. The molecule has 1 aliphatic rings. The number of hydrogen-bond donors (Lipinski definition) is 1. The van der Waals surface area contributed by atoms with E-state index in [1.807, 2.05) is 51.1 Å². The Hall–Kier alpha value is -4.25. The quantitative estimate of drug-likeness (QED) is 0.546. The van der Waals surface area contributed by atoms with Crippen LogP contribution in [-0.4, -0.2) is 52.4 Å². The molecule has 2 aromatic carbocycles. The van der Waals surface area contributed by atoms with Gasteiger partial charge in [0.05, 0.1) is 29.3 Å². The van der Waals surface area contributed by atoms with Crippen LogP contribution in [0.3, 0.4) is 0 Å². The van der Waals surface area contributed by atoms with E-state index in [4.69, 9.17) is 4.74 Å². The summed E-state index contributed by atoms with van der Waals surface area (Å²) in [5.41, 5.74) is 2.65. The van der Waals surface area contributed by atoms with Gasteiger partial charge < -0.3 is 15.0 Å². The van der Waals surface area contributed by atoms with Crippen LogP contribution in [0, 0.1) is 11.3 Å². The van der Waals surface area contributed by atoms with Crippen molar-refractivity contribution in [1.82, 2.24) is 15.2 Å². The minimum absolute atomic E-state index is 0.174. The Balaban J connectivity index is 1.53. The Kier molecular flexibility index (Phi) is 7.02. The summed E-state index contributed by atoms with van der Waals surface area (Å²) in [6.07, 6.45) is 3.00. The summed E-state index contributed by atoms with van der Waals surface area (Å²) in [5, 5.41) is 12.5. The van der Waals surface area contributed by atoms with Crippen LogP contribution in [0.25, 0.3) is 22.0 Å². The number of aromatic nitrogens is 1. The Morgan fingerprint density at radius 1 is 1.11 bits per heavy atom. The first kappa shape index (κ1) is 24.9. The van der Waals surface area contributed by atoms with Gasteiger partial charge in [-0.05, 0) is 75.1 Å². The number of ether oxygens (including phenoxy) is 1. The highest BCUT2D eigenvalue weighted by molar-refractivity contribution is 6.07. The number of fused-ring (bicyclic) bond motifs is 1. The van der Waals surface area contributed by atoms with Crippen LogP contribution in [0.2, 0.25) is 0 Å². The molecule has 0 saturated carbocycles. The van der Waals surface area contributed by atoms with Crippen LogP contribution >= 0.6 is 0 Å². The van der Waals surface area contributed by atoms with Crippen LogP contribution in [0.1, 0.15) is 54.3 Å². The summed E-state index contributed by atoms with van der Waals surface area (Å²) in [4.78, 5) is 43.7. The number of nitriles is 1. The molecule has 1 atom stereocenters. The third-order valence-corrected chi connectivity index (χ3v) is 5.96. The standard InChI is InChI=1S/C28H28N4O4/c1-28(2,3)36-27(35)19-8-6-18(7-9-19)20-10-11-24-23(15-20)22(12-13-30-24)26(34)31-17-25(33)32-14-4-5-21(32)16-29/h6-13,15,21H,4-5,14,17H2,1-3H3,(H,31,34)/t21-/m0/s1. The minimum atomic E-state index is -0.575. The maximum absolute atomic E-state index is 13.0. The number of amides is 2.